The average molecular weight is 226 g/mol. The SMILES string of the molecule is CC(C)CCN1CCCC1CNC(C)(C)C. The fourth-order valence-electron chi connectivity index (χ4n) is 2.27. The fourth-order valence-corrected chi connectivity index (χ4v) is 2.27. The second-order valence-corrected chi connectivity index (χ2v) is 6.65. The zero-order chi connectivity index (χ0) is 12.2. The summed E-state index contributed by atoms with van der Waals surface area (Å²) in [6.07, 6.45) is 4.10. The Kier molecular flexibility index (Phi) is 5.26. The maximum absolute atomic E-state index is 3.64. The first-order valence-corrected chi connectivity index (χ1v) is 6.87. The van der Waals surface area contributed by atoms with E-state index in [0.29, 0.717) is 0 Å². The molecule has 1 fully saturated rings. The molecule has 0 amide bonds. The van der Waals surface area contributed by atoms with Crippen LogP contribution in [0.3, 0.4) is 0 Å². The van der Waals surface area contributed by atoms with Crippen molar-refractivity contribution in [3.63, 3.8) is 0 Å². The number of hydrogen-bond acceptors (Lipinski definition) is 2. The number of likely N-dealkylation sites (tertiary alicyclic amines) is 1. The summed E-state index contributed by atoms with van der Waals surface area (Å²) in [6, 6.07) is 0.776. The molecule has 96 valence electrons. The lowest BCUT2D eigenvalue weighted by atomic mass is 10.1. The van der Waals surface area contributed by atoms with Crippen molar-refractivity contribution in [3.05, 3.63) is 0 Å². The molecule has 2 nitrogen and oxygen atoms in total. The van der Waals surface area contributed by atoms with Crippen molar-refractivity contribution in [1.82, 2.24) is 10.2 Å². The van der Waals surface area contributed by atoms with Gasteiger partial charge in [0.25, 0.3) is 0 Å². The number of nitrogens with one attached hydrogen (secondary N) is 1. The molecular formula is C14H30N2. The topological polar surface area (TPSA) is 15.3 Å². The summed E-state index contributed by atoms with van der Waals surface area (Å²) in [5, 5.41) is 3.64. The third-order valence-corrected chi connectivity index (χ3v) is 3.36. The van der Waals surface area contributed by atoms with Crippen LogP contribution < -0.4 is 5.32 Å². The Morgan fingerprint density at radius 1 is 1.31 bits per heavy atom. The summed E-state index contributed by atoms with van der Waals surface area (Å²) in [4.78, 5) is 2.68. The van der Waals surface area contributed by atoms with Crippen LogP contribution >= 0.6 is 0 Å². The number of hydrogen-bond donors (Lipinski definition) is 1. The van der Waals surface area contributed by atoms with Gasteiger partial charge in [0.2, 0.25) is 0 Å². The Hall–Kier alpha value is -0.0800. The number of rotatable bonds is 5. The minimum atomic E-state index is 0.256. The van der Waals surface area contributed by atoms with Crippen LogP contribution in [0, 0.1) is 5.92 Å². The van der Waals surface area contributed by atoms with E-state index < -0.39 is 0 Å². The first-order valence-electron chi connectivity index (χ1n) is 6.87. The van der Waals surface area contributed by atoms with Crippen molar-refractivity contribution in [2.45, 2.75) is 65.5 Å². The second kappa shape index (κ2) is 6.02. The van der Waals surface area contributed by atoms with E-state index in [1.54, 1.807) is 0 Å². The Bertz CT molecular complexity index is 193. The highest BCUT2D eigenvalue weighted by Crippen LogP contribution is 2.18. The first-order chi connectivity index (χ1) is 7.38. The molecule has 0 radical (unpaired) electrons. The highest BCUT2D eigenvalue weighted by atomic mass is 15.2. The van der Waals surface area contributed by atoms with Crippen LogP contribution in [-0.4, -0.2) is 36.1 Å². The molecule has 2 heteroatoms. The fraction of sp³-hybridized carbons (Fsp3) is 1.00. The molecule has 1 rings (SSSR count). The molecule has 0 aliphatic carbocycles. The van der Waals surface area contributed by atoms with E-state index in [-0.39, 0.29) is 5.54 Å². The zero-order valence-electron chi connectivity index (χ0n) is 11.8. The van der Waals surface area contributed by atoms with E-state index in [0.717, 1.165) is 18.5 Å². The third-order valence-electron chi connectivity index (χ3n) is 3.36. The van der Waals surface area contributed by atoms with Gasteiger partial charge in [0.05, 0.1) is 0 Å². The van der Waals surface area contributed by atoms with Gasteiger partial charge in [0.1, 0.15) is 0 Å². The smallest absolute Gasteiger partial charge is 0.0221 e. The average Bonchev–Trinajstić information content (AvgIpc) is 2.57. The molecule has 1 N–H and O–H groups in total. The summed E-state index contributed by atoms with van der Waals surface area (Å²) in [5.41, 5.74) is 0.256. The third kappa shape index (κ3) is 5.31. The lowest BCUT2D eigenvalue weighted by Gasteiger charge is -2.29. The quantitative estimate of drug-likeness (QED) is 0.775. The lowest BCUT2D eigenvalue weighted by molar-refractivity contribution is 0.222. The second-order valence-electron chi connectivity index (χ2n) is 6.65. The molecule has 0 bridgehead atoms. The molecule has 0 aromatic heterocycles. The monoisotopic (exact) mass is 226 g/mol. The van der Waals surface area contributed by atoms with Crippen LogP contribution in [0.15, 0.2) is 0 Å². The van der Waals surface area contributed by atoms with E-state index in [2.05, 4.69) is 44.8 Å². The standard InChI is InChI=1S/C14H30N2/c1-12(2)8-10-16-9-6-7-13(16)11-15-14(3,4)5/h12-13,15H,6-11H2,1-5H3. The van der Waals surface area contributed by atoms with E-state index in [1.807, 2.05) is 0 Å². The largest absolute Gasteiger partial charge is 0.311 e. The van der Waals surface area contributed by atoms with Gasteiger partial charge in [0.15, 0.2) is 0 Å². The van der Waals surface area contributed by atoms with Gasteiger partial charge >= 0.3 is 0 Å². The van der Waals surface area contributed by atoms with Gasteiger partial charge in [-0.15, -0.1) is 0 Å². The van der Waals surface area contributed by atoms with Gasteiger partial charge < -0.3 is 5.32 Å². The van der Waals surface area contributed by atoms with Crippen molar-refractivity contribution in [3.8, 4) is 0 Å². The molecule has 0 saturated carbocycles. The summed E-state index contributed by atoms with van der Waals surface area (Å²) in [7, 11) is 0. The zero-order valence-corrected chi connectivity index (χ0v) is 11.8. The van der Waals surface area contributed by atoms with Gasteiger partial charge in [-0.2, -0.15) is 0 Å². The maximum atomic E-state index is 3.64. The molecule has 1 saturated heterocycles. The van der Waals surface area contributed by atoms with Crippen molar-refractivity contribution in [1.29, 1.82) is 0 Å². The van der Waals surface area contributed by atoms with E-state index >= 15 is 0 Å². The summed E-state index contributed by atoms with van der Waals surface area (Å²) in [6.45, 7) is 15.1. The first kappa shape index (κ1) is 14.0. The van der Waals surface area contributed by atoms with Crippen LogP contribution in [0.5, 0.6) is 0 Å². The molecule has 16 heavy (non-hydrogen) atoms. The predicted molar refractivity (Wildman–Crippen MR) is 71.8 cm³/mol. The normalized spacial score (nSPS) is 23.2. The minimum absolute atomic E-state index is 0.256. The lowest BCUT2D eigenvalue weighted by Crippen LogP contribution is -2.45. The van der Waals surface area contributed by atoms with E-state index in [1.165, 1.54) is 32.4 Å². The molecular weight excluding hydrogens is 196 g/mol. The summed E-state index contributed by atoms with van der Waals surface area (Å²) in [5.74, 6) is 0.830. The van der Waals surface area contributed by atoms with Gasteiger partial charge in [-0.1, -0.05) is 13.8 Å². The molecule has 1 unspecified atom stereocenters. The van der Waals surface area contributed by atoms with Crippen LogP contribution in [0.25, 0.3) is 0 Å². The summed E-state index contributed by atoms with van der Waals surface area (Å²) >= 11 is 0. The summed E-state index contributed by atoms with van der Waals surface area (Å²) < 4.78 is 0. The van der Waals surface area contributed by atoms with E-state index in [9.17, 15) is 0 Å². The minimum Gasteiger partial charge on any atom is -0.311 e. The molecule has 0 aromatic carbocycles. The van der Waals surface area contributed by atoms with Crippen molar-refractivity contribution < 1.29 is 0 Å². The van der Waals surface area contributed by atoms with Gasteiger partial charge in [-0.25, -0.2) is 0 Å². The van der Waals surface area contributed by atoms with Gasteiger partial charge in [0, 0.05) is 18.1 Å². The van der Waals surface area contributed by atoms with Crippen molar-refractivity contribution in [2.24, 2.45) is 5.92 Å². The van der Waals surface area contributed by atoms with Crippen molar-refractivity contribution >= 4 is 0 Å². The Balaban J connectivity index is 2.29. The molecule has 1 atom stereocenters. The Morgan fingerprint density at radius 2 is 2.00 bits per heavy atom. The van der Waals surface area contributed by atoms with Crippen molar-refractivity contribution in [2.75, 3.05) is 19.6 Å². The molecule has 0 aromatic rings. The molecule has 0 spiro atoms. The predicted octanol–water partition coefficient (Wildman–Crippen LogP) is 2.89. The molecule has 1 heterocycles. The van der Waals surface area contributed by atoms with Gasteiger partial charge in [-0.3, -0.25) is 4.90 Å². The number of nitrogens with zero attached hydrogens (tertiary/aromatic N) is 1. The van der Waals surface area contributed by atoms with Crippen LogP contribution in [-0.2, 0) is 0 Å². The van der Waals surface area contributed by atoms with Crippen LogP contribution in [0.1, 0.15) is 53.9 Å². The molecule has 1 aliphatic rings. The van der Waals surface area contributed by atoms with E-state index in [4.69, 9.17) is 0 Å². The van der Waals surface area contributed by atoms with Crippen LogP contribution in [0.4, 0.5) is 0 Å². The van der Waals surface area contributed by atoms with Crippen LogP contribution in [0.2, 0.25) is 0 Å². The molecule has 1 aliphatic heterocycles. The highest BCUT2D eigenvalue weighted by molar-refractivity contribution is 4.83. The maximum Gasteiger partial charge on any atom is 0.0221 e. The Morgan fingerprint density at radius 3 is 2.56 bits per heavy atom. The van der Waals surface area contributed by atoms with Gasteiger partial charge in [-0.05, 0) is 59.0 Å². The Labute approximate surface area is 102 Å². The highest BCUT2D eigenvalue weighted by Gasteiger charge is 2.25.